The Morgan fingerprint density at radius 3 is 2.84 bits per heavy atom. The third kappa shape index (κ3) is 4.63. The molecule has 1 aromatic heterocycles. The normalized spacial score (nSPS) is 26.6. The molecule has 1 amide bonds. The summed E-state index contributed by atoms with van der Waals surface area (Å²) < 4.78 is 17.5. The second-order valence-electron chi connectivity index (χ2n) is 7.31. The van der Waals surface area contributed by atoms with Crippen LogP contribution >= 0.6 is 0 Å². The molecule has 2 fully saturated rings. The first-order chi connectivity index (χ1) is 12.1. The number of hydrogen-bond donors (Lipinski definition) is 0. The van der Waals surface area contributed by atoms with Crippen LogP contribution in [-0.4, -0.2) is 68.3 Å². The van der Waals surface area contributed by atoms with Crippen molar-refractivity contribution in [2.24, 2.45) is 5.92 Å². The van der Waals surface area contributed by atoms with Gasteiger partial charge in [-0.25, -0.2) is 0 Å². The van der Waals surface area contributed by atoms with Crippen molar-refractivity contribution in [1.29, 1.82) is 0 Å². The lowest BCUT2D eigenvalue weighted by atomic mass is 10.1. The number of carbonyl (C=O) groups excluding carboxylic acids is 1. The molecule has 0 N–H and O–H groups in total. The van der Waals surface area contributed by atoms with Gasteiger partial charge in [0.2, 0.25) is 5.91 Å². The molecule has 1 saturated heterocycles. The van der Waals surface area contributed by atoms with Crippen LogP contribution in [0.1, 0.15) is 31.3 Å². The standard InChI is InChI=1S/C19H30N2O4/c1-4-15-5-6-16(25-15)11-21-7-8-24-18-10-14(9-17(18)21)12-23-13-19(22)20(2)3/h5-6,14,17-18H,4,7-13H2,1-3H3/t14-,17+,18+/m1/s1. The Morgan fingerprint density at radius 2 is 2.12 bits per heavy atom. The fourth-order valence-electron chi connectivity index (χ4n) is 3.80. The van der Waals surface area contributed by atoms with Crippen molar-refractivity contribution in [2.45, 2.75) is 44.9 Å². The summed E-state index contributed by atoms with van der Waals surface area (Å²) in [6, 6.07) is 4.58. The molecule has 0 spiro atoms. The van der Waals surface area contributed by atoms with E-state index in [4.69, 9.17) is 13.9 Å². The summed E-state index contributed by atoms with van der Waals surface area (Å²) in [6.45, 7) is 5.46. The van der Waals surface area contributed by atoms with Crippen LogP contribution in [0, 0.1) is 5.92 Å². The molecule has 1 aliphatic carbocycles. The number of morpholine rings is 1. The van der Waals surface area contributed by atoms with Gasteiger partial charge in [0.1, 0.15) is 18.1 Å². The van der Waals surface area contributed by atoms with E-state index in [0.717, 1.165) is 50.5 Å². The van der Waals surface area contributed by atoms with E-state index in [-0.39, 0.29) is 18.6 Å². The molecule has 0 aromatic carbocycles. The number of amides is 1. The number of aryl methyl sites for hydroxylation is 1. The zero-order valence-electron chi connectivity index (χ0n) is 15.6. The minimum Gasteiger partial charge on any atom is -0.465 e. The first-order valence-electron chi connectivity index (χ1n) is 9.28. The smallest absolute Gasteiger partial charge is 0.248 e. The van der Waals surface area contributed by atoms with Gasteiger partial charge in [-0.3, -0.25) is 9.69 Å². The molecule has 25 heavy (non-hydrogen) atoms. The van der Waals surface area contributed by atoms with Crippen molar-refractivity contribution in [3.8, 4) is 0 Å². The van der Waals surface area contributed by atoms with Crippen LogP contribution in [0.2, 0.25) is 0 Å². The van der Waals surface area contributed by atoms with Gasteiger partial charge in [-0.1, -0.05) is 6.92 Å². The Hall–Kier alpha value is -1.37. The highest BCUT2D eigenvalue weighted by Gasteiger charge is 2.41. The Labute approximate surface area is 150 Å². The van der Waals surface area contributed by atoms with Crippen LogP contribution in [0.25, 0.3) is 0 Å². The summed E-state index contributed by atoms with van der Waals surface area (Å²) in [7, 11) is 3.50. The average molecular weight is 350 g/mol. The Bertz CT molecular complexity index is 572. The van der Waals surface area contributed by atoms with Crippen molar-refractivity contribution >= 4 is 5.91 Å². The fraction of sp³-hybridized carbons (Fsp3) is 0.737. The highest BCUT2D eigenvalue weighted by Crippen LogP contribution is 2.35. The van der Waals surface area contributed by atoms with Gasteiger partial charge in [-0.05, 0) is 30.9 Å². The zero-order chi connectivity index (χ0) is 17.8. The number of nitrogens with zero attached hydrogens (tertiary/aromatic N) is 2. The Morgan fingerprint density at radius 1 is 1.32 bits per heavy atom. The molecule has 140 valence electrons. The van der Waals surface area contributed by atoms with Crippen LogP contribution in [-0.2, 0) is 27.2 Å². The molecular weight excluding hydrogens is 320 g/mol. The monoisotopic (exact) mass is 350 g/mol. The number of ether oxygens (including phenoxy) is 2. The predicted molar refractivity (Wildman–Crippen MR) is 94.3 cm³/mol. The number of furan rings is 1. The summed E-state index contributed by atoms with van der Waals surface area (Å²) >= 11 is 0. The molecule has 0 bridgehead atoms. The van der Waals surface area contributed by atoms with E-state index in [2.05, 4.69) is 24.0 Å². The lowest BCUT2D eigenvalue weighted by Crippen LogP contribution is -2.47. The third-order valence-corrected chi connectivity index (χ3v) is 5.25. The van der Waals surface area contributed by atoms with Gasteiger partial charge < -0.3 is 18.8 Å². The second kappa shape index (κ2) is 8.34. The van der Waals surface area contributed by atoms with E-state index in [1.165, 1.54) is 0 Å². The van der Waals surface area contributed by atoms with Gasteiger partial charge >= 0.3 is 0 Å². The van der Waals surface area contributed by atoms with Crippen molar-refractivity contribution in [3.05, 3.63) is 23.7 Å². The molecule has 0 unspecified atom stereocenters. The average Bonchev–Trinajstić information content (AvgIpc) is 3.21. The third-order valence-electron chi connectivity index (χ3n) is 5.25. The van der Waals surface area contributed by atoms with E-state index in [1.54, 1.807) is 19.0 Å². The largest absolute Gasteiger partial charge is 0.465 e. The van der Waals surface area contributed by atoms with E-state index >= 15 is 0 Å². The molecule has 3 rings (SSSR count). The number of rotatable bonds is 7. The Balaban J connectivity index is 1.50. The fourth-order valence-corrected chi connectivity index (χ4v) is 3.80. The summed E-state index contributed by atoms with van der Waals surface area (Å²) in [6.07, 6.45) is 3.27. The minimum absolute atomic E-state index is 0.0119. The molecule has 0 radical (unpaired) electrons. The van der Waals surface area contributed by atoms with Gasteiger partial charge in [0, 0.05) is 33.1 Å². The van der Waals surface area contributed by atoms with Gasteiger partial charge in [0.15, 0.2) is 0 Å². The lowest BCUT2D eigenvalue weighted by molar-refractivity contribution is -0.134. The van der Waals surface area contributed by atoms with Gasteiger partial charge in [-0.15, -0.1) is 0 Å². The molecule has 2 heterocycles. The molecule has 6 heteroatoms. The Kier molecular flexibility index (Phi) is 6.15. The van der Waals surface area contributed by atoms with Crippen molar-refractivity contribution < 1.29 is 18.7 Å². The van der Waals surface area contributed by atoms with E-state index in [9.17, 15) is 4.79 Å². The van der Waals surface area contributed by atoms with Gasteiger partial charge in [0.25, 0.3) is 0 Å². The molecule has 6 nitrogen and oxygen atoms in total. The summed E-state index contributed by atoms with van der Waals surface area (Å²) in [5.41, 5.74) is 0. The first-order valence-corrected chi connectivity index (χ1v) is 9.28. The zero-order valence-corrected chi connectivity index (χ0v) is 15.6. The molecule has 1 aliphatic heterocycles. The maximum absolute atomic E-state index is 11.6. The summed E-state index contributed by atoms with van der Waals surface area (Å²) in [5, 5.41) is 0. The van der Waals surface area contributed by atoms with E-state index in [0.29, 0.717) is 18.6 Å². The van der Waals surface area contributed by atoms with Crippen molar-refractivity contribution in [3.63, 3.8) is 0 Å². The van der Waals surface area contributed by atoms with Gasteiger partial charge in [0.05, 0.1) is 25.9 Å². The maximum atomic E-state index is 11.6. The van der Waals surface area contributed by atoms with Crippen molar-refractivity contribution in [1.82, 2.24) is 9.80 Å². The highest BCUT2D eigenvalue weighted by molar-refractivity contribution is 5.76. The number of hydrogen-bond acceptors (Lipinski definition) is 5. The van der Waals surface area contributed by atoms with Crippen LogP contribution in [0.5, 0.6) is 0 Å². The van der Waals surface area contributed by atoms with Crippen LogP contribution in [0.3, 0.4) is 0 Å². The molecule has 2 aliphatic rings. The van der Waals surface area contributed by atoms with E-state index < -0.39 is 0 Å². The van der Waals surface area contributed by atoms with Crippen molar-refractivity contribution in [2.75, 3.05) is 40.5 Å². The molecule has 1 saturated carbocycles. The quantitative estimate of drug-likeness (QED) is 0.752. The molecular formula is C19H30N2O4. The summed E-state index contributed by atoms with van der Waals surface area (Å²) in [4.78, 5) is 15.7. The summed E-state index contributed by atoms with van der Waals surface area (Å²) in [5.74, 6) is 2.54. The predicted octanol–water partition coefficient (Wildman–Crippen LogP) is 1.93. The molecule has 1 aromatic rings. The van der Waals surface area contributed by atoms with Crippen LogP contribution in [0.4, 0.5) is 0 Å². The number of likely N-dealkylation sites (N-methyl/N-ethyl adjacent to an activating group) is 1. The first kappa shape index (κ1) is 18.4. The topological polar surface area (TPSA) is 55.2 Å². The van der Waals surface area contributed by atoms with Crippen LogP contribution in [0.15, 0.2) is 16.5 Å². The minimum atomic E-state index is 0.0119. The highest BCUT2D eigenvalue weighted by atomic mass is 16.5. The van der Waals surface area contributed by atoms with Gasteiger partial charge in [-0.2, -0.15) is 0 Å². The second-order valence-corrected chi connectivity index (χ2v) is 7.31. The number of fused-ring (bicyclic) bond motifs is 1. The SMILES string of the molecule is CCc1ccc(CN2CCO[C@H]3C[C@H](COCC(=O)N(C)C)C[C@@H]32)o1. The lowest BCUT2D eigenvalue weighted by Gasteiger charge is -2.37. The van der Waals surface area contributed by atoms with Crippen LogP contribution < -0.4 is 0 Å². The van der Waals surface area contributed by atoms with E-state index in [1.807, 2.05) is 0 Å². The number of carbonyl (C=O) groups is 1. The maximum Gasteiger partial charge on any atom is 0.248 e. The molecule has 3 atom stereocenters.